The van der Waals surface area contributed by atoms with Crippen molar-refractivity contribution >= 4 is 14.0 Å². The Labute approximate surface area is 131 Å². The van der Waals surface area contributed by atoms with Crippen LogP contribution < -0.4 is 0 Å². The Hall–Kier alpha value is -1.16. The van der Waals surface area contributed by atoms with Gasteiger partial charge in [-0.05, 0) is 31.2 Å². The highest BCUT2D eigenvalue weighted by Gasteiger charge is 2.45. The molecule has 1 aliphatic rings. The number of aliphatic carboxylic acids is 1. The van der Waals surface area contributed by atoms with Gasteiger partial charge in [-0.3, -0.25) is 9.36 Å². The lowest BCUT2D eigenvalue weighted by atomic mass is 9.91. The van der Waals surface area contributed by atoms with Crippen LogP contribution in [0.4, 0.5) is 0 Å². The predicted octanol–water partition coefficient (Wildman–Crippen LogP) is 3.17. The zero-order valence-corrected chi connectivity index (χ0v) is 13.5. The van der Waals surface area contributed by atoms with Crippen LogP contribution in [0.2, 0.25) is 0 Å². The summed E-state index contributed by atoms with van der Waals surface area (Å²) in [4.78, 5) is 21.5. The van der Waals surface area contributed by atoms with Gasteiger partial charge < -0.3 is 14.7 Å². The Morgan fingerprint density at radius 3 is 2.59 bits per heavy atom. The maximum absolute atomic E-state index is 11.9. The molecule has 6 heteroatoms. The van der Waals surface area contributed by atoms with Crippen molar-refractivity contribution in [3.8, 4) is 0 Å². The number of ether oxygens (including phenoxy) is 1. The van der Waals surface area contributed by atoms with E-state index in [0.29, 0.717) is 12.0 Å². The van der Waals surface area contributed by atoms with Gasteiger partial charge in [-0.2, -0.15) is 0 Å². The van der Waals surface area contributed by atoms with E-state index in [9.17, 15) is 19.4 Å². The molecular weight excluding hydrogens is 303 g/mol. The fourth-order valence-corrected chi connectivity index (χ4v) is 4.04. The van der Waals surface area contributed by atoms with Gasteiger partial charge in [0.25, 0.3) is 0 Å². The van der Waals surface area contributed by atoms with E-state index in [-0.39, 0.29) is 12.5 Å². The highest BCUT2D eigenvalue weighted by atomic mass is 31.1. The van der Waals surface area contributed by atoms with Gasteiger partial charge in [0.2, 0.25) is 8.03 Å². The SMILES string of the molecule is O=C(O)C(CCCCC1CCCO1)(c1ccccc1)[PH](=O)O. The van der Waals surface area contributed by atoms with Crippen molar-refractivity contribution in [2.24, 2.45) is 0 Å². The monoisotopic (exact) mass is 326 g/mol. The van der Waals surface area contributed by atoms with Crippen molar-refractivity contribution in [3.63, 3.8) is 0 Å². The van der Waals surface area contributed by atoms with Crippen LogP contribution in [0.5, 0.6) is 0 Å². The Balaban J connectivity index is 2.04. The maximum Gasteiger partial charge on any atom is 0.323 e. The fraction of sp³-hybridized carbons (Fsp3) is 0.562. The lowest BCUT2D eigenvalue weighted by molar-refractivity contribution is -0.140. The molecule has 2 N–H and O–H groups in total. The van der Waals surface area contributed by atoms with Gasteiger partial charge >= 0.3 is 5.97 Å². The Bertz CT molecular complexity index is 497. The van der Waals surface area contributed by atoms with Crippen LogP contribution in [0.15, 0.2) is 30.3 Å². The largest absolute Gasteiger partial charge is 0.480 e. The summed E-state index contributed by atoms with van der Waals surface area (Å²) in [6, 6.07) is 8.40. The van der Waals surface area contributed by atoms with E-state index in [1.807, 2.05) is 0 Å². The molecule has 5 nitrogen and oxygen atoms in total. The summed E-state index contributed by atoms with van der Waals surface area (Å²) in [5, 5.41) is 7.92. The summed E-state index contributed by atoms with van der Waals surface area (Å²) in [6.45, 7) is 0.804. The number of carbonyl (C=O) groups is 1. The third-order valence-corrected chi connectivity index (χ3v) is 5.83. The van der Waals surface area contributed by atoms with E-state index in [1.165, 1.54) is 0 Å². The Morgan fingerprint density at radius 2 is 2.05 bits per heavy atom. The van der Waals surface area contributed by atoms with Crippen LogP contribution in [0.3, 0.4) is 0 Å². The van der Waals surface area contributed by atoms with E-state index >= 15 is 0 Å². The molecule has 1 aromatic carbocycles. The molecule has 122 valence electrons. The lowest BCUT2D eigenvalue weighted by Gasteiger charge is -2.27. The number of unbranched alkanes of at least 4 members (excludes halogenated alkanes) is 1. The van der Waals surface area contributed by atoms with Crippen molar-refractivity contribution in [2.45, 2.75) is 49.8 Å². The molecule has 0 saturated carbocycles. The molecule has 3 atom stereocenters. The average molecular weight is 326 g/mol. The molecule has 0 spiro atoms. The molecule has 0 aromatic heterocycles. The second-order valence-electron chi connectivity index (χ2n) is 5.76. The summed E-state index contributed by atoms with van der Waals surface area (Å²) >= 11 is 0. The van der Waals surface area contributed by atoms with Crippen LogP contribution in [0.1, 0.15) is 44.1 Å². The minimum Gasteiger partial charge on any atom is -0.480 e. The van der Waals surface area contributed by atoms with Gasteiger partial charge in [0, 0.05) is 6.61 Å². The van der Waals surface area contributed by atoms with Gasteiger partial charge in [0.1, 0.15) is 0 Å². The second kappa shape index (κ2) is 7.91. The maximum atomic E-state index is 11.9. The normalized spacial score (nSPS) is 22.1. The topological polar surface area (TPSA) is 83.8 Å². The second-order valence-corrected chi connectivity index (χ2v) is 7.23. The molecule has 3 unspecified atom stereocenters. The summed E-state index contributed by atoms with van der Waals surface area (Å²) in [5.74, 6) is -1.22. The first-order valence-corrected chi connectivity index (χ1v) is 9.07. The van der Waals surface area contributed by atoms with E-state index in [4.69, 9.17) is 4.74 Å². The number of rotatable bonds is 8. The Morgan fingerprint density at radius 1 is 1.32 bits per heavy atom. The van der Waals surface area contributed by atoms with Gasteiger partial charge in [-0.1, -0.05) is 43.2 Å². The standard InChI is InChI=1S/C16H23O5P/c17-15(18)16(22(19)20,13-7-2-1-3-8-13)11-5-4-9-14-10-6-12-21-14/h1-3,7-8,14,22H,4-6,9-12H2,(H,17,18)(H,19,20). The molecular formula is C16H23O5P. The smallest absolute Gasteiger partial charge is 0.323 e. The number of carboxylic acid groups (broad SMARTS) is 1. The highest BCUT2D eigenvalue weighted by molar-refractivity contribution is 7.41. The first-order chi connectivity index (χ1) is 10.6. The van der Waals surface area contributed by atoms with Crippen molar-refractivity contribution in [1.29, 1.82) is 0 Å². The van der Waals surface area contributed by atoms with E-state index in [1.54, 1.807) is 30.3 Å². The van der Waals surface area contributed by atoms with Crippen LogP contribution in [-0.4, -0.2) is 28.7 Å². The van der Waals surface area contributed by atoms with Crippen molar-refractivity contribution < 1.29 is 24.1 Å². The zero-order valence-electron chi connectivity index (χ0n) is 12.5. The molecule has 1 fully saturated rings. The molecule has 0 bridgehead atoms. The molecule has 1 saturated heterocycles. The average Bonchev–Trinajstić information content (AvgIpc) is 3.01. The quantitative estimate of drug-likeness (QED) is 0.566. The first kappa shape index (κ1) is 17.2. The fourth-order valence-electron chi connectivity index (χ4n) is 3.05. The van der Waals surface area contributed by atoms with Gasteiger partial charge in [0.05, 0.1) is 6.10 Å². The van der Waals surface area contributed by atoms with E-state index < -0.39 is 19.2 Å². The van der Waals surface area contributed by atoms with Crippen LogP contribution in [0, 0.1) is 0 Å². The van der Waals surface area contributed by atoms with Crippen molar-refractivity contribution in [3.05, 3.63) is 35.9 Å². The Kier molecular flexibility index (Phi) is 6.18. The summed E-state index contributed by atoms with van der Waals surface area (Å²) in [7, 11) is -3.26. The third kappa shape index (κ3) is 3.78. The molecule has 0 radical (unpaired) electrons. The molecule has 1 aliphatic heterocycles. The number of carboxylic acids is 1. The van der Waals surface area contributed by atoms with Crippen LogP contribution >= 0.6 is 8.03 Å². The van der Waals surface area contributed by atoms with Crippen molar-refractivity contribution in [2.75, 3.05) is 6.61 Å². The molecule has 0 amide bonds. The predicted molar refractivity (Wildman–Crippen MR) is 84.4 cm³/mol. The molecule has 22 heavy (non-hydrogen) atoms. The highest BCUT2D eigenvalue weighted by Crippen LogP contribution is 2.48. The van der Waals surface area contributed by atoms with Crippen LogP contribution in [-0.2, 0) is 19.3 Å². The number of benzene rings is 1. The minimum atomic E-state index is -3.26. The van der Waals surface area contributed by atoms with Gasteiger partial charge in [-0.15, -0.1) is 0 Å². The van der Waals surface area contributed by atoms with E-state index in [2.05, 4.69) is 0 Å². The van der Waals surface area contributed by atoms with Gasteiger partial charge in [0.15, 0.2) is 5.16 Å². The minimum absolute atomic E-state index is 0.174. The summed E-state index contributed by atoms with van der Waals surface area (Å²) in [6.07, 6.45) is 4.86. The molecule has 1 heterocycles. The van der Waals surface area contributed by atoms with Crippen LogP contribution in [0.25, 0.3) is 0 Å². The van der Waals surface area contributed by atoms with Crippen molar-refractivity contribution in [1.82, 2.24) is 0 Å². The molecule has 2 rings (SSSR count). The summed E-state index contributed by atoms with van der Waals surface area (Å²) < 4.78 is 17.4. The van der Waals surface area contributed by atoms with Gasteiger partial charge in [-0.25, -0.2) is 0 Å². The first-order valence-electron chi connectivity index (χ1n) is 7.71. The summed E-state index contributed by atoms with van der Waals surface area (Å²) in [5.41, 5.74) is 0.408. The third-order valence-electron chi connectivity index (χ3n) is 4.35. The number of hydrogen-bond acceptors (Lipinski definition) is 3. The van der Waals surface area contributed by atoms with E-state index in [0.717, 1.165) is 32.3 Å². The zero-order chi connectivity index (χ0) is 16.0. The molecule has 1 aromatic rings. The number of hydrogen-bond donors (Lipinski definition) is 2. The molecule has 0 aliphatic carbocycles. The lowest BCUT2D eigenvalue weighted by Crippen LogP contribution is -2.32.